The molecule has 1 fully saturated rings. The molecule has 1 aromatic rings. The van der Waals surface area contributed by atoms with Gasteiger partial charge in [-0.2, -0.15) is 5.10 Å². The number of nitrogens with one attached hydrogen (secondary N) is 1. The Labute approximate surface area is 124 Å². The molecule has 1 N–H and O–H groups in total. The number of hydrogen-bond acceptors (Lipinski definition) is 5. The van der Waals surface area contributed by atoms with E-state index in [-0.39, 0.29) is 16.7 Å². The molecule has 1 aliphatic rings. The molecule has 1 aromatic heterocycles. The fraction of sp³-hybridized carbons (Fsp3) is 0.786. The summed E-state index contributed by atoms with van der Waals surface area (Å²) in [4.78, 5) is 11.0. The summed E-state index contributed by atoms with van der Waals surface area (Å²) in [6.45, 7) is 8.02. The Morgan fingerprint density at radius 3 is 2.76 bits per heavy atom. The Hall–Kier alpha value is -1.63. The zero-order chi connectivity index (χ0) is 15.4. The average molecular weight is 296 g/mol. The highest BCUT2D eigenvalue weighted by molar-refractivity contribution is 5.60. The Balaban J connectivity index is 2.21. The van der Waals surface area contributed by atoms with E-state index in [0.29, 0.717) is 24.0 Å². The van der Waals surface area contributed by atoms with E-state index in [1.807, 2.05) is 6.92 Å². The van der Waals surface area contributed by atoms with Crippen molar-refractivity contribution in [3.8, 4) is 0 Å². The first-order valence-corrected chi connectivity index (χ1v) is 7.60. The molecule has 0 aliphatic carbocycles. The summed E-state index contributed by atoms with van der Waals surface area (Å²) in [5, 5.41) is 19.0. The largest absolute Gasteiger partial charge is 0.381 e. The van der Waals surface area contributed by atoms with Crippen molar-refractivity contribution < 1.29 is 9.66 Å². The van der Waals surface area contributed by atoms with Gasteiger partial charge in [0.2, 0.25) is 5.82 Å². The van der Waals surface area contributed by atoms with Crippen molar-refractivity contribution >= 4 is 11.5 Å². The van der Waals surface area contributed by atoms with Gasteiger partial charge in [-0.05, 0) is 39.0 Å². The second-order valence-electron chi connectivity index (χ2n) is 5.65. The van der Waals surface area contributed by atoms with Gasteiger partial charge < -0.3 is 10.1 Å². The molecule has 118 valence electrons. The molecule has 1 unspecified atom stereocenters. The molecule has 7 nitrogen and oxygen atoms in total. The normalized spacial score (nSPS) is 17.7. The van der Waals surface area contributed by atoms with Crippen molar-refractivity contribution in [2.75, 3.05) is 18.5 Å². The first kappa shape index (κ1) is 15.8. The van der Waals surface area contributed by atoms with Crippen molar-refractivity contribution in [1.29, 1.82) is 0 Å². The van der Waals surface area contributed by atoms with Crippen LogP contribution >= 0.6 is 0 Å². The predicted molar refractivity (Wildman–Crippen MR) is 80.5 cm³/mol. The van der Waals surface area contributed by atoms with Gasteiger partial charge in [-0.3, -0.25) is 10.1 Å². The molecule has 2 heterocycles. The van der Waals surface area contributed by atoms with Gasteiger partial charge in [-0.1, -0.05) is 6.92 Å². The molecule has 21 heavy (non-hydrogen) atoms. The maximum absolute atomic E-state index is 11.3. The maximum Gasteiger partial charge on any atom is 0.333 e. The molecule has 1 atom stereocenters. The quantitative estimate of drug-likeness (QED) is 0.644. The van der Waals surface area contributed by atoms with Crippen molar-refractivity contribution in [3.63, 3.8) is 0 Å². The molecule has 0 bridgehead atoms. The molecule has 0 spiro atoms. The number of aromatic nitrogens is 2. The highest BCUT2D eigenvalue weighted by Crippen LogP contribution is 2.31. The van der Waals surface area contributed by atoms with E-state index >= 15 is 0 Å². The van der Waals surface area contributed by atoms with Crippen LogP contribution < -0.4 is 5.32 Å². The van der Waals surface area contributed by atoms with Gasteiger partial charge in [0.15, 0.2) is 0 Å². The lowest BCUT2D eigenvalue weighted by Gasteiger charge is -2.28. The summed E-state index contributed by atoms with van der Waals surface area (Å²) in [5.41, 5.74) is 0.567. The van der Waals surface area contributed by atoms with E-state index < -0.39 is 0 Å². The lowest BCUT2D eigenvalue weighted by atomic mass is 9.93. The molecular weight excluding hydrogens is 272 g/mol. The topological polar surface area (TPSA) is 82.2 Å². The Bertz CT molecular complexity index is 495. The summed E-state index contributed by atoms with van der Waals surface area (Å²) in [7, 11) is 0. The summed E-state index contributed by atoms with van der Waals surface area (Å²) in [6, 6.07) is 0.166. The molecule has 1 aliphatic heterocycles. The van der Waals surface area contributed by atoms with Crippen LogP contribution in [0.1, 0.15) is 38.8 Å². The highest BCUT2D eigenvalue weighted by Gasteiger charge is 2.28. The zero-order valence-electron chi connectivity index (χ0n) is 13.0. The molecule has 0 radical (unpaired) electrons. The van der Waals surface area contributed by atoms with Crippen LogP contribution in [0.3, 0.4) is 0 Å². The summed E-state index contributed by atoms with van der Waals surface area (Å²) >= 11 is 0. The number of hydrogen-bond donors (Lipinski definition) is 1. The Kier molecular flexibility index (Phi) is 5.17. The van der Waals surface area contributed by atoms with Gasteiger partial charge in [0.05, 0.1) is 4.92 Å². The van der Waals surface area contributed by atoms with Crippen LogP contribution in [0.4, 0.5) is 11.5 Å². The number of nitro groups is 1. The smallest absolute Gasteiger partial charge is 0.333 e. The molecule has 7 heteroatoms. The van der Waals surface area contributed by atoms with Gasteiger partial charge >= 0.3 is 5.69 Å². The van der Waals surface area contributed by atoms with Crippen LogP contribution in [-0.2, 0) is 11.3 Å². The Morgan fingerprint density at radius 2 is 2.19 bits per heavy atom. The highest BCUT2D eigenvalue weighted by atomic mass is 16.6. The van der Waals surface area contributed by atoms with Crippen LogP contribution in [0.25, 0.3) is 0 Å². The van der Waals surface area contributed by atoms with E-state index in [1.165, 1.54) is 0 Å². The molecule has 0 saturated carbocycles. The number of nitrogens with zero attached hydrogens (tertiary/aromatic N) is 3. The average Bonchev–Trinajstić information content (AvgIpc) is 2.76. The number of rotatable bonds is 6. The van der Waals surface area contributed by atoms with Crippen LogP contribution in [0, 0.1) is 23.0 Å². The second-order valence-corrected chi connectivity index (χ2v) is 5.65. The van der Waals surface area contributed by atoms with Gasteiger partial charge in [0.25, 0.3) is 0 Å². The van der Waals surface area contributed by atoms with Crippen molar-refractivity contribution in [2.45, 2.75) is 52.6 Å². The van der Waals surface area contributed by atoms with Crippen LogP contribution in [0.15, 0.2) is 0 Å². The fourth-order valence-electron chi connectivity index (χ4n) is 2.86. The minimum atomic E-state index is -0.340. The third-order valence-corrected chi connectivity index (χ3v) is 4.05. The van der Waals surface area contributed by atoms with Crippen LogP contribution in [0.2, 0.25) is 0 Å². The lowest BCUT2D eigenvalue weighted by Crippen LogP contribution is -2.32. The standard InChI is InChI=1S/C14H24N4O3/c1-4-7-17-14(13(18(19)20)11(3)16-17)15-10(2)12-5-8-21-9-6-12/h10,12,15H,4-9H2,1-3H3. The summed E-state index contributed by atoms with van der Waals surface area (Å²) in [6.07, 6.45) is 2.87. The van der Waals surface area contributed by atoms with Crippen LogP contribution in [0.5, 0.6) is 0 Å². The number of anilines is 1. The predicted octanol–water partition coefficient (Wildman–Crippen LogP) is 2.74. The molecule has 0 amide bonds. The molecule has 0 aromatic carbocycles. The van der Waals surface area contributed by atoms with E-state index in [2.05, 4.69) is 17.3 Å². The van der Waals surface area contributed by atoms with E-state index in [9.17, 15) is 10.1 Å². The zero-order valence-corrected chi connectivity index (χ0v) is 13.0. The van der Waals surface area contributed by atoms with Gasteiger partial charge in [0, 0.05) is 25.8 Å². The van der Waals surface area contributed by atoms with Crippen molar-refractivity contribution in [3.05, 3.63) is 15.8 Å². The van der Waals surface area contributed by atoms with Crippen LogP contribution in [-0.4, -0.2) is 34.0 Å². The maximum atomic E-state index is 11.3. The van der Waals surface area contributed by atoms with E-state index in [4.69, 9.17) is 4.74 Å². The van der Waals surface area contributed by atoms with Crippen molar-refractivity contribution in [1.82, 2.24) is 9.78 Å². The first-order valence-electron chi connectivity index (χ1n) is 7.60. The minimum Gasteiger partial charge on any atom is -0.381 e. The van der Waals surface area contributed by atoms with Crippen molar-refractivity contribution in [2.24, 2.45) is 5.92 Å². The first-order chi connectivity index (χ1) is 10.0. The molecule has 2 rings (SSSR count). The second kappa shape index (κ2) is 6.89. The minimum absolute atomic E-state index is 0.0994. The summed E-state index contributed by atoms with van der Waals surface area (Å²) < 4.78 is 7.10. The van der Waals surface area contributed by atoms with E-state index in [0.717, 1.165) is 32.5 Å². The van der Waals surface area contributed by atoms with Gasteiger partial charge in [-0.25, -0.2) is 4.68 Å². The SMILES string of the molecule is CCCn1nc(C)c([N+](=O)[O-])c1NC(C)C1CCOCC1. The Morgan fingerprint density at radius 1 is 1.52 bits per heavy atom. The third kappa shape index (κ3) is 3.53. The molecular formula is C14H24N4O3. The van der Waals surface area contributed by atoms with Gasteiger partial charge in [-0.15, -0.1) is 0 Å². The monoisotopic (exact) mass is 296 g/mol. The molecule has 1 saturated heterocycles. The number of aryl methyl sites for hydroxylation is 2. The third-order valence-electron chi connectivity index (χ3n) is 4.05. The lowest BCUT2D eigenvalue weighted by molar-refractivity contribution is -0.384. The van der Waals surface area contributed by atoms with Gasteiger partial charge in [0.1, 0.15) is 5.69 Å². The number of ether oxygens (including phenoxy) is 1. The fourth-order valence-corrected chi connectivity index (χ4v) is 2.86. The summed E-state index contributed by atoms with van der Waals surface area (Å²) in [5.74, 6) is 1.02. The van der Waals surface area contributed by atoms with E-state index in [1.54, 1.807) is 11.6 Å².